The molecule has 0 aliphatic rings. The highest BCUT2D eigenvalue weighted by atomic mass is 32.2. The van der Waals surface area contributed by atoms with Gasteiger partial charge in [-0.15, -0.1) is 0 Å². The second-order valence-corrected chi connectivity index (χ2v) is 9.99. The first-order valence-electron chi connectivity index (χ1n) is 11.2. The van der Waals surface area contributed by atoms with Crippen molar-refractivity contribution < 1.29 is 31.9 Å². The Morgan fingerprint density at radius 1 is 0.972 bits per heavy atom. The lowest BCUT2D eigenvalue weighted by Crippen LogP contribution is -2.27. The van der Waals surface area contributed by atoms with Crippen molar-refractivity contribution >= 4 is 38.4 Å². The fraction of sp³-hybridized carbons (Fsp3) is 0.185. The monoisotopic (exact) mass is 507 g/mol. The van der Waals surface area contributed by atoms with Gasteiger partial charge >= 0.3 is 5.97 Å². The molecule has 0 amide bonds. The van der Waals surface area contributed by atoms with Crippen LogP contribution in [0.25, 0.3) is 11.0 Å². The summed E-state index contributed by atoms with van der Waals surface area (Å²) in [7, 11) is -2.55. The molecule has 0 radical (unpaired) electrons. The molecule has 1 aromatic heterocycles. The maximum Gasteiger partial charge on any atom is 0.338 e. The molecule has 1 heterocycles. The van der Waals surface area contributed by atoms with E-state index >= 15 is 0 Å². The highest BCUT2D eigenvalue weighted by Crippen LogP contribution is 2.26. The van der Waals surface area contributed by atoms with Crippen LogP contribution in [-0.2, 0) is 14.8 Å². The van der Waals surface area contributed by atoms with Crippen molar-refractivity contribution in [1.82, 2.24) is 0 Å². The fourth-order valence-electron chi connectivity index (χ4n) is 3.60. The Hall–Kier alpha value is -4.11. The maximum absolute atomic E-state index is 13.2. The van der Waals surface area contributed by atoms with Crippen molar-refractivity contribution in [2.24, 2.45) is 0 Å². The van der Waals surface area contributed by atoms with Crippen molar-refractivity contribution in [1.29, 1.82) is 0 Å². The van der Waals surface area contributed by atoms with Crippen LogP contribution >= 0.6 is 0 Å². The average Bonchev–Trinajstić information content (AvgIpc) is 3.32. The minimum Gasteiger partial charge on any atom is -0.494 e. The molecule has 0 atom stereocenters. The Morgan fingerprint density at radius 3 is 2.39 bits per heavy atom. The highest BCUT2D eigenvalue weighted by molar-refractivity contribution is 7.92. The van der Waals surface area contributed by atoms with Gasteiger partial charge in [-0.05, 0) is 67.9 Å². The van der Waals surface area contributed by atoms with E-state index in [0.717, 1.165) is 9.69 Å². The molecule has 186 valence electrons. The van der Waals surface area contributed by atoms with E-state index in [1.165, 1.54) is 25.2 Å². The van der Waals surface area contributed by atoms with Gasteiger partial charge in [-0.25, -0.2) is 13.2 Å². The minimum atomic E-state index is -3.98. The zero-order chi connectivity index (χ0) is 25.9. The third kappa shape index (κ3) is 5.11. The Bertz CT molecular complexity index is 1490. The summed E-state index contributed by atoms with van der Waals surface area (Å²) in [4.78, 5) is 25.2. The number of anilines is 1. The molecule has 0 saturated heterocycles. The van der Waals surface area contributed by atoms with Crippen LogP contribution < -0.4 is 9.04 Å². The minimum absolute atomic E-state index is 0.0496. The molecule has 8 nitrogen and oxygen atoms in total. The number of sulfonamides is 1. The number of nitrogens with zero attached hydrogens (tertiary/aromatic N) is 1. The summed E-state index contributed by atoms with van der Waals surface area (Å²) in [5, 5.41) is 0.762. The summed E-state index contributed by atoms with van der Waals surface area (Å²) in [6.45, 7) is 3.48. The van der Waals surface area contributed by atoms with E-state index in [0.29, 0.717) is 29.2 Å². The van der Waals surface area contributed by atoms with Crippen LogP contribution in [-0.4, -0.2) is 40.4 Å². The predicted octanol–water partition coefficient (Wildman–Crippen LogP) is 5.00. The average molecular weight is 508 g/mol. The number of esters is 1. The van der Waals surface area contributed by atoms with Gasteiger partial charge in [0.15, 0.2) is 12.4 Å². The molecule has 0 spiro atoms. The molecule has 36 heavy (non-hydrogen) atoms. The molecule has 9 heteroatoms. The molecule has 3 aromatic carbocycles. The third-order valence-corrected chi connectivity index (χ3v) is 7.41. The zero-order valence-corrected chi connectivity index (χ0v) is 20.9. The molecule has 0 bridgehead atoms. The molecule has 4 rings (SSSR count). The summed E-state index contributed by atoms with van der Waals surface area (Å²) in [6.07, 6.45) is 0. The number of carbonyl (C=O) groups is 2. The Kier molecular flexibility index (Phi) is 7.12. The smallest absolute Gasteiger partial charge is 0.338 e. The van der Waals surface area contributed by atoms with Crippen LogP contribution in [0.4, 0.5) is 5.69 Å². The Labute approximate surface area is 209 Å². The van der Waals surface area contributed by atoms with E-state index in [2.05, 4.69) is 0 Å². The SMILES string of the molecule is CCOc1ccc(N(C)S(=O)(=O)c2ccc(C)c(C(=O)OCC(=O)c3cc4ccccc4o3)c2)cc1. The van der Waals surface area contributed by atoms with E-state index in [1.54, 1.807) is 55.5 Å². The van der Waals surface area contributed by atoms with Crippen LogP contribution in [0.15, 0.2) is 82.1 Å². The van der Waals surface area contributed by atoms with Crippen molar-refractivity contribution in [3.8, 4) is 5.75 Å². The molecular formula is C27H25NO7S. The van der Waals surface area contributed by atoms with Gasteiger partial charge < -0.3 is 13.9 Å². The molecule has 0 unspecified atom stereocenters. The summed E-state index contributed by atoms with van der Waals surface area (Å²) < 4.78 is 43.7. The second kappa shape index (κ2) is 10.2. The number of carbonyl (C=O) groups excluding carboxylic acids is 2. The maximum atomic E-state index is 13.2. The van der Waals surface area contributed by atoms with Crippen molar-refractivity contribution in [3.63, 3.8) is 0 Å². The van der Waals surface area contributed by atoms with E-state index in [4.69, 9.17) is 13.9 Å². The van der Waals surface area contributed by atoms with Crippen molar-refractivity contribution in [2.45, 2.75) is 18.7 Å². The van der Waals surface area contributed by atoms with Crippen LogP contribution in [0.3, 0.4) is 0 Å². The first-order chi connectivity index (χ1) is 17.2. The van der Waals surface area contributed by atoms with E-state index in [-0.39, 0.29) is 16.2 Å². The van der Waals surface area contributed by atoms with Crippen LogP contribution in [0.5, 0.6) is 5.75 Å². The topological polar surface area (TPSA) is 103 Å². The molecular weight excluding hydrogens is 482 g/mol. The number of fused-ring (bicyclic) bond motifs is 1. The summed E-state index contributed by atoms with van der Waals surface area (Å²) in [5.74, 6) is -0.604. The summed E-state index contributed by atoms with van der Waals surface area (Å²) in [5.41, 5.74) is 1.55. The van der Waals surface area contributed by atoms with Gasteiger partial charge in [0.25, 0.3) is 10.0 Å². The fourth-order valence-corrected chi connectivity index (χ4v) is 4.82. The van der Waals surface area contributed by atoms with Crippen molar-refractivity contribution in [3.05, 3.63) is 89.7 Å². The van der Waals surface area contributed by atoms with Gasteiger partial charge in [-0.3, -0.25) is 9.10 Å². The standard InChI is InChI=1S/C27H25NO7S/c1-4-33-21-12-10-20(11-13-21)28(3)36(31,32)22-14-9-18(2)23(16-22)27(30)34-17-24(29)26-15-19-7-5-6-8-25(19)35-26/h5-16H,4,17H2,1-3H3. The Balaban J connectivity index is 1.50. The predicted molar refractivity (Wildman–Crippen MR) is 135 cm³/mol. The summed E-state index contributed by atoms with van der Waals surface area (Å²) >= 11 is 0. The molecule has 0 N–H and O–H groups in total. The molecule has 0 aliphatic heterocycles. The third-order valence-electron chi connectivity index (χ3n) is 5.63. The number of ketones is 1. The van der Waals surface area contributed by atoms with Gasteiger partial charge in [0.1, 0.15) is 11.3 Å². The number of furan rings is 1. The van der Waals surface area contributed by atoms with Crippen LogP contribution in [0.2, 0.25) is 0 Å². The van der Waals surface area contributed by atoms with Gasteiger partial charge in [-0.1, -0.05) is 24.3 Å². The molecule has 0 saturated carbocycles. The van der Waals surface area contributed by atoms with Gasteiger partial charge in [0.05, 0.1) is 22.8 Å². The largest absolute Gasteiger partial charge is 0.494 e. The first-order valence-corrected chi connectivity index (χ1v) is 12.7. The van der Waals surface area contributed by atoms with E-state index in [1.807, 2.05) is 13.0 Å². The first kappa shape index (κ1) is 25.0. The lowest BCUT2D eigenvalue weighted by molar-refractivity contribution is 0.0467. The number of Topliss-reactive ketones (excluding diaryl/α,β-unsaturated/α-hetero) is 1. The number of para-hydroxylation sites is 1. The zero-order valence-electron chi connectivity index (χ0n) is 20.1. The number of hydrogen-bond donors (Lipinski definition) is 0. The lowest BCUT2D eigenvalue weighted by Gasteiger charge is -2.20. The quantitative estimate of drug-likeness (QED) is 0.232. The van der Waals surface area contributed by atoms with Gasteiger partial charge in [-0.2, -0.15) is 0 Å². The number of aryl methyl sites for hydroxylation is 1. The number of benzene rings is 3. The molecule has 4 aromatic rings. The number of ether oxygens (including phenoxy) is 2. The van der Waals surface area contributed by atoms with Gasteiger partial charge in [0.2, 0.25) is 5.78 Å². The number of rotatable bonds is 9. The molecule has 0 fully saturated rings. The van der Waals surface area contributed by atoms with Crippen LogP contribution in [0, 0.1) is 6.92 Å². The number of hydrogen-bond acceptors (Lipinski definition) is 7. The highest BCUT2D eigenvalue weighted by Gasteiger charge is 2.24. The van der Waals surface area contributed by atoms with E-state index < -0.39 is 28.4 Å². The van der Waals surface area contributed by atoms with E-state index in [9.17, 15) is 18.0 Å². The Morgan fingerprint density at radius 2 is 1.69 bits per heavy atom. The van der Waals surface area contributed by atoms with Crippen molar-refractivity contribution in [2.75, 3.05) is 24.6 Å². The second-order valence-electron chi connectivity index (χ2n) is 8.02. The normalized spacial score (nSPS) is 11.3. The van der Waals surface area contributed by atoms with Crippen LogP contribution in [0.1, 0.15) is 33.4 Å². The molecule has 0 aliphatic carbocycles. The lowest BCUT2D eigenvalue weighted by atomic mass is 10.1. The van der Waals surface area contributed by atoms with Gasteiger partial charge in [0, 0.05) is 12.4 Å². The summed E-state index contributed by atoms with van der Waals surface area (Å²) in [6, 6.07) is 19.6.